The summed E-state index contributed by atoms with van der Waals surface area (Å²) in [6, 6.07) is 47.2. The fourth-order valence-corrected chi connectivity index (χ4v) is 6.56. The number of ether oxygens (including phenoxy) is 1. The first-order valence-electron chi connectivity index (χ1n) is 16.8. The van der Waals surface area contributed by atoms with Gasteiger partial charge in [0.1, 0.15) is 5.82 Å². The normalized spacial score (nSPS) is 13.1. The van der Waals surface area contributed by atoms with E-state index in [4.69, 9.17) is 9.72 Å². The number of benzene rings is 5. The number of para-hydroxylation sites is 3. The van der Waals surface area contributed by atoms with E-state index in [0.29, 0.717) is 11.5 Å². The van der Waals surface area contributed by atoms with Crippen molar-refractivity contribution in [3.63, 3.8) is 0 Å². The number of pyridine rings is 1. The van der Waals surface area contributed by atoms with E-state index in [1.165, 1.54) is 11.1 Å². The Bertz CT molecular complexity index is 2330. The van der Waals surface area contributed by atoms with Crippen LogP contribution in [0.5, 0.6) is 11.5 Å². The molecular formula is C44H39N4OPt-3. The molecule has 6 heteroatoms. The molecule has 1 aliphatic heterocycles. The number of aromatic nitrogens is 2. The zero-order chi connectivity index (χ0) is 33.9. The molecule has 254 valence electrons. The average molecular weight is 835 g/mol. The molecule has 0 aliphatic carbocycles. The van der Waals surface area contributed by atoms with Gasteiger partial charge in [-0.15, -0.1) is 48.1 Å². The molecule has 7 aromatic rings. The second-order valence-corrected chi connectivity index (χ2v) is 14.7. The minimum Gasteiger partial charge on any atom is -0.509 e. The number of hydrogen-bond donors (Lipinski definition) is 0. The zero-order valence-electron chi connectivity index (χ0n) is 29.1. The molecule has 0 amide bonds. The maximum absolute atomic E-state index is 6.50. The average Bonchev–Trinajstić information content (AvgIpc) is 3.64. The molecule has 2 aromatic heterocycles. The molecule has 0 bridgehead atoms. The Balaban J connectivity index is 0.00000392. The van der Waals surface area contributed by atoms with Crippen molar-refractivity contribution in [1.29, 1.82) is 0 Å². The SMILES string of the molecule is CC(C)(C)c1ccc(N2[CH-]N(c3[c-]c(Oc4[c-]c5c(cc4)c4ccccc4n5-c4cc(C(C)(C)C)ccn4)ccc3)c3ccccc32)cc1.[Pt]. The van der Waals surface area contributed by atoms with Crippen LogP contribution < -0.4 is 14.5 Å². The first-order valence-corrected chi connectivity index (χ1v) is 16.8. The summed E-state index contributed by atoms with van der Waals surface area (Å²) in [7, 11) is 0. The van der Waals surface area contributed by atoms with E-state index in [1.54, 1.807) is 0 Å². The topological polar surface area (TPSA) is 33.5 Å². The molecule has 5 aromatic carbocycles. The van der Waals surface area contributed by atoms with Gasteiger partial charge in [0.15, 0.2) is 0 Å². The molecule has 0 saturated carbocycles. The van der Waals surface area contributed by atoms with Gasteiger partial charge in [0, 0.05) is 61.3 Å². The van der Waals surface area contributed by atoms with Gasteiger partial charge >= 0.3 is 0 Å². The molecule has 50 heavy (non-hydrogen) atoms. The van der Waals surface area contributed by atoms with E-state index in [-0.39, 0.29) is 31.9 Å². The Morgan fingerprint density at radius 3 is 2.04 bits per heavy atom. The summed E-state index contributed by atoms with van der Waals surface area (Å²) < 4.78 is 8.68. The summed E-state index contributed by atoms with van der Waals surface area (Å²) in [4.78, 5) is 9.20. The Labute approximate surface area is 309 Å². The van der Waals surface area contributed by atoms with Gasteiger partial charge in [-0.25, -0.2) is 4.98 Å². The smallest absolute Gasteiger partial charge is 0.135 e. The van der Waals surface area contributed by atoms with Crippen molar-refractivity contribution >= 4 is 44.6 Å². The van der Waals surface area contributed by atoms with Crippen molar-refractivity contribution < 1.29 is 25.8 Å². The van der Waals surface area contributed by atoms with Crippen molar-refractivity contribution in [2.24, 2.45) is 0 Å². The molecule has 1 aliphatic rings. The van der Waals surface area contributed by atoms with Crippen LogP contribution in [0.3, 0.4) is 0 Å². The molecule has 0 atom stereocenters. The van der Waals surface area contributed by atoms with Crippen molar-refractivity contribution in [1.82, 2.24) is 9.55 Å². The van der Waals surface area contributed by atoms with Crippen LogP contribution in [-0.2, 0) is 31.9 Å². The minimum absolute atomic E-state index is 0. The molecule has 3 heterocycles. The van der Waals surface area contributed by atoms with E-state index >= 15 is 0 Å². The van der Waals surface area contributed by atoms with Gasteiger partial charge in [-0.3, -0.25) is 0 Å². The van der Waals surface area contributed by atoms with Crippen LogP contribution in [0, 0.1) is 18.8 Å². The maximum Gasteiger partial charge on any atom is 0.135 e. The van der Waals surface area contributed by atoms with E-state index in [0.717, 1.165) is 50.4 Å². The molecule has 0 unspecified atom stereocenters. The predicted molar refractivity (Wildman–Crippen MR) is 202 cm³/mol. The summed E-state index contributed by atoms with van der Waals surface area (Å²) in [5, 5.41) is 2.25. The van der Waals surface area contributed by atoms with Crippen molar-refractivity contribution in [2.75, 3.05) is 9.80 Å². The standard InChI is InChI=1S/C44H39N4O.Pt/c1-43(2,3)30-18-20-32(21-19-30)46-29-47(40-17-10-9-16-39(40)46)33-12-11-13-34(27-33)49-35-22-23-37-36-14-7-8-15-38(36)48(41(37)28-35)42-26-31(24-25-45-42)44(4,5)6;/h7-26,29H,1-6H3;/q-3;. The van der Waals surface area contributed by atoms with Crippen LogP contribution >= 0.6 is 0 Å². The minimum atomic E-state index is -0.00349. The summed E-state index contributed by atoms with van der Waals surface area (Å²) in [5.41, 5.74) is 8.82. The van der Waals surface area contributed by atoms with Gasteiger partial charge in [0.2, 0.25) is 0 Å². The largest absolute Gasteiger partial charge is 0.509 e. The Morgan fingerprint density at radius 2 is 1.30 bits per heavy atom. The van der Waals surface area contributed by atoms with Gasteiger partial charge in [-0.2, -0.15) is 12.1 Å². The number of hydrogen-bond acceptors (Lipinski definition) is 4. The number of fused-ring (bicyclic) bond motifs is 4. The van der Waals surface area contributed by atoms with Crippen LogP contribution in [0.25, 0.3) is 27.6 Å². The summed E-state index contributed by atoms with van der Waals surface area (Å²) in [6.45, 7) is 15.5. The number of anilines is 4. The van der Waals surface area contributed by atoms with Crippen LogP contribution in [-0.4, -0.2) is 9.55 Å². The van der Waals surface area contributed by atoms with Crippen LogP contribution in [0.2, 0.25) is 0 Å². The molecule has 8 rings (SSSR count). The van der Waals surface area contributed by atoms with E-state index < -0.39 is 0 Å². The van der Waals surface area contributed by atoms with Gasteiger partial charge in [-0.1, -0.05) is 89.5 Å². The molecule has 0 N–H and O–H groups in total. The first kappa shape index (κ1) is 33.6. The third-order valence-electron chi connectivity index (χ3n) is 9.27. The van der Waals surface area contributed by atoms with Crippen molar-refractivity contribution in [3.05, 3.63) is 151 Å². The van der Waals surface area contributed by atoms with Crippen molar-refractivity contribution in [3.8, 4) is 17.3 Å². The third kappa shape index (κ3) is 6.09. The van der Waals surface area contributed by atoms with E-state index in [9.17, 15) is 0 Å². The molecule has 0 radical (unpaired) electrons. The quantitative estimate of drug-likeness (QED) is 0.162. The fourth-order valence-electron chi connectivity index (χ4n) is 6.56. The number of rotatable bonds is 5. The Morgan fingerprint density at radius 1 is 0.620 bits per heavy atom. The fraction of sp³-hybridized carbons (Fsp3) is 0.182. The molecule has 5 nitrogen and oxygen atoms in total. The summed E-state index contributed by atoms with van der Waals surface area (Å²) in [6.07, 6.45) is 1.90. The summed E-state index contributed by atoms with van der Waals surface area (Å²) in [5.74, 6) is 2.09. The Kier molecular flexibility index (Phi) is 8.60. The second kappa shape index (κ2) is 12.8. The van der Waals surface area contributed by atoms with Crippen LogP contribution in [0.1, 0.15) is 52.7 Å². The second-order valence-electron chi connectivity index (χ2n) is 14.7. The monoisotopic (exact) mass is 834 g/mol. The molecule has 0 fully saturated rings. The third-order valence-corrected chi connectivity index (χ3v) is 9.27. The first-order chi connectivity index (χ1) is 23.5. The molecular weight excluding hydrogens is 796 g/mol. The molecule has 0 spiro atoms. The van der Waals surface area contributed by atoms with Gasteiger partial charge in [0.05, 0.1) is 0 Å². The Hall–Kier alpha value is -4.86. The van der Waals surface area contributed by atoms with Gasteiger partial charge < -0.3 is 19.1 Å². The predicted octanol–water partition coefficient (Wildman–Crippen LogP) is 11.6. The zero-order valence-corrected chi connectivity index (χ0v) is 31.4. The summed E-state index contributed by atoms with van der Waals surface area (Å²) >= 11 is 0. The van der Waals surface area contributed by atoms with Gasteiger partial charge in [-0.05, 0) is 69.8 Å². The van der Waals surface area contributed by atoms with Crippen LogP contribution in [0.15, 0.2) is 121 Å². The molecule has 0 saturated heterocycles. The number of nitrogens with zero attached hydrogens (tertiary/aromatic N) is 4. The van der Waals surface area contributed by atoms with E-state index in [2.05, 4.69) is 172 Å². The van der Waals surface area contributed by atoms with Crippen LogP contribution in [0.4, 0.5) is 22.7 Å². The van der Waals surface area contributed by atoms with Gasteiger partial charge in [0.25, 0.3) is 0 Å². The van der Waals surface area contributed by atoms with Crippen molar-refractivity contribution in [2.45, 2.75) is 52.4 Å². The van der Waals surface area contributed by atoms with E-state index in [1.807, 2.05) is 24.4 Å². The maximum atomic E-state index is 6.50.